The number of ether oxygens (including phenoxy) is 2. The van der Waals surface area contributed by atoms with Crippen LogP contribution in [0.1, 0.15) is 19.4 Å². The van der Waals surface area contributed by atoms with Gasteiger partial charge in [0.1, 0.15) is 23.8 Å². The molecule has 2 nitrogen and oxygen atoms in total. The van der Waals surface area contributed by atoms with E-state index in [4.69, 9.17) is 4.74 Å². The molecule has 118 valence electrons. The van der Waals surface area contributed by atoms with Gasteiger partial charge in [0.15, 0.2) is 0 Å². The van der Waals surface area contributed by atoms with E-state index in [0.717, 1.165) is 12.1 Å². The minimum Gasteiger partial charge on any atom is -0.371 e. The van der Waals surface area contributed by atoms with Gasteiger partial charge in [-0.2, -0.15) is 13.2 Å². The highest BCUT2D eigenvalue weighted by atomic mass is 19.4. The first-order valence-corrected chi connectivity index (χ1v) is 6.31. The minimum atomic E-state index is -4.42. The summed E-state index contributed by atoms with van der Waals surface area (Å²) in [7, 11) is 0. The average molecular weight is 310 g/mol. The molecule has 1 saturated heterocycles. The molecule has 1 fully saturated rings. The van der Waals surface area contributed by atoms with Gasteiger partial charge in [0.25, 0.3) is 0 Å². The Kier molecular flexibility index (Phi) is 4.01. The van der Waals surface area contributed by atoms with E-state index in [1.165, 1.54) is 6.07 Å². The number of alkyl halides is 3. The van der Waals surface area contributed by atoms with Gasteiger partial charge in [0, 0.05) is 17.0 Å². The first kappa shape index (κ1) is 16.2. The maximum Gasteiger partial charge on any atom is 0.411 e. The van der Waals surface area contributed by atoms with Crippen LogP contribution in [-0.2, 0) is 15.1 Å². The van der Waals surface area contributed by atoms with Crippen LogP contribution >= 0.6 is 0 Å². The molecule has 0 amide bonds. The molecule has 7 heteroatoms. The summed E-state index contributed by atoms with van der Waals surface area (Å²) < 4.78 is 73.2. The van der Waals surface area contributed by atoms with E-state index >= 15 is 0 Å². The molecule has 1 aliphatic rings. The van der Waals surface area contributed by atoms with Crippen LogP contribution < -0.4 is 0 Å². The lowest BCUT2D eigenvalue weighted by atomic mass is 9.75. The molecule has 0 aromatic heterocycles. The van der Waals surface area contributed by atoms with Crippen molar-refractivity contribution in [1.29, 1.82) is 0 Å². The van der Waals surface area contributed by atoms with Gasteiger partial charge in [-0.25, -0.2) is 8.78 Å². The van der Waals surface area contributed by atoms with Crippen molar-refractivity contribution in [2.75, 3.05) is 19.8 Å². The van der Waals surface area contributed by atoms with Crippen molar-refractivity contribution in [3.05, 3.63) is 35.4 Å². The van der Waals surface area contributed by atoms with E-state index in [9.17, 15) is 22.0 Å². The van der Waals surface area contributed by atoms with Gasteiger partial charge < -0.3 is 9.47 Å². The molecule has 0 aliphatic carbocycles. The average Bonchev–Trinajstić information content (AvgIpc) is 3.08. The summed E-state index contributed by atoms with van der Waals surface area (Å²) in [6.07, 6.45) is -4.42. The summed E-state index contributed by atoms with van der Waals surface area (Å²) in [5, 5.41) is 0. The highest BCUT2D eigenvalue weighted by molar-refractivity contribution is 5.31. The molecule has 1 heterocycles. The van der Waals surface area contributed by atoms with Crippen LogP contribution in [0.4, 0.5) is 22.0 Å². The van der Waals surface area contributed by atoms with E-state index in [0.29, 0.717) is 0 Å². The molecule has 0 saturated carbocycles. The second-order valence-corrected chi connectivity index (χ2v) is 5.73. The topological polar surface area (TPSA) is 21.8 Å². The van der Waals surface area contributed by atoms with E-state index in [1.807, 2.05) is 0 Å². The zero-order valence-electron chi connectivity index (χ0n) is 11.6. The molecule has 1 aromatic rings. The third-order valence-electron chi connectivity index (χ3n) is 3.62. The largest absolute Gasteiger partial charge is 0.411 e. The van der Waals surface area contributed by atoms with Gasteiger partial charge in [-0.3, -0.25) is 0 Å². The Morgan fingerprint density at radius 1 is 1.19 bits per heavy atom. The zero-order chi connectivity index (χ0) is 15.9. The van der Waals surface area contributed by atoms with Gasteiger partial charge in [0.2, 0.25) is 0 Å². The summed E-state index contributed by atoms with van der Waals surface area (Å²) in [4.78, 5) is 0. The Hall–Kier alpha value is -1.21. The number of rotatable bonds is 5. The lowest BCUT2D eigenvalue weighted by molar-refractivity contribution is -0.182. The molecule has 0 radical (unpaired) electrons. The first-order chi connectivity index (χ1) is 9.57. The molecule has 0 N–H and O–H groups in total. The molecular weight excluding hydrogens is 295 g/mol. The second-order valence-electron chi connectivity index (χ2n) is 5.73. The number of hydrogen-bond donors (Lipinski definition) is 0. The fourth-order valence-electron chi connectivity index (χ4n) is 2.34. The van der Waals surface area contributed by atoms with Crippen molar-refractivity contribution in [1.82, 2.24) is 0 Å². The smallest absolute Gasteiger partial charge is 0.371 e. The monoisotopic (exact) mass is 310 g/mol. The van der Waals surface area contributed by atoms with E-state index < -0.39 is 35.4 Å². The van der Waals surface area contributed by atoms with Crippen LogP contribution in [0.15, 0.2) is 18.2 Å². The quantitative estimate of drug-likeness (QED) is 0.609. The summed E-state index contributed by atoms with van der Waals surface area (Å²) >= 11 is 0. The maximum atomic E-state index is 13.9. The molecule has 0 bridgehead atoms. The summed E-state index contributed by atoms with van der Waals surface area (Å²) in [5.74, 6) is -1.51. The lowest BCUT2D eigenvalue weighted by Crippen LogP contribution is -2.37. The Labute approximate surface area is 118 Å². The van der Waals surface area contributed by atoms with Gasteiger partial charge in [-0.1, -0.05) is 19.9 Å². The van der Waals surface area contributed by atoms with Crippen molar-refractivity contribution >= 4 is 0 Å². The Morgan fingerprint density at radius 3 is 2.29 bits per heavy atom. The summed E-state index contributed by atoms with van der Waals surface area (Å²) in [5.41, 5.74) is -1.85. The molecule has 21 heavy (non-hydrogen) atoms. The Morgan fingerprint density at radius 2 is 1.81 bits per heavy atom. The number of epoxide rings is 1. The first-order valence-electron chi connectivity index (χ1n) is 6.31. The van der Waals surface area contributed by atoms with Gasteiger partial charge in [-0.05, 0) is 6.07 Å². The van der Waals surface area contributed by atoms with Crippen molar-refractivity contribution in [2.45, 2.75) is 25.6 Å². The van der Waals surface area contributed by atoms with Gasteiger partial charge in [-0.15, -0.1) is 0 Å². The number of hydrogen-bond acceptors (Lipinski definition) is 2. The van der Waals surface area contributed by atoms with Crippen molar-refractivity contribution < 1.29 is 31.4 Å². The van der Waals surface area contributed by atoms with Gasteiger partial charge in [0.05, 0.1) is 13.2 Å². The Bertz CT molecular complexity index is 521. The molecule has 0 spiro atoms. The van der Waals surface area contributed by atoms with Crippen molar-refractivity contribution in [2.24, 2.45) is 5.41 Å². The molecule has 1 aliphatic heterocycles. The van der Waals surface area contributed by atoms with Crippen LogP contribution in [0.5, 0.6) is 0 Å². The zero-order valence-corrected chi connectivity index (χ0v) is 11.6. The molecular formula is C14H15F5O2. The molecule has 1 unspecified atom stereocenters. The fourth-order valence-corrected chi connectivity index (χ4v) is 2.34. The van der Waals surface area contributed by atoms with Crippen LogP contribution in [0.2, 0.25) is 0 Å². The standard InChI is InChI=1S/C14H15F5O2/c1-12(2,6-20-8-14(17,18)19)13(7-21-13)10-4-3-9(15)5-11(10)16/h3-5H,6-8H2,1-2H3. The third-order valence-corrected chi connectivity index (χ3v) is 3.62. The van der Waals surface area contributed by atoms with Crippen LogP contribution in [0.3, 0.4) is 0 Å². The molecule has 1 aromatic carbocycles. The van der Waals surface area contributed by atoms with Crippen molar-refractivity contribution in [3.63, 3.8) is 0 Å². The number of benzene rings is 1. The molecule has 1 atom stereocenters. The second kappa shape index (κ2) is 5.21. The number of halogens is 5. The van der Waals surface area contributed by atoms with Crippen LogP contribution in [0.25, 0.3) is 0 Å². The highest BCUT2D eigenvalue weighted by Crippen LogP contribution is 2.53. The van der Waals surface area contributed by atoms with Crippen LogP contribution in [-0.4, -0.2) is 26.0 Å². The summed E-state index contributed by atoms with van der Waals surface area (Å²) in [6, 6.07) is 3.07. The lowest BCUT2D eigenvalue weighted by Gasteiger charge is -2.32. The predicted molar refractivity (Wildman–Crippen MR) is 64.6 cm³/mol. The molecule has 2 rings (SSSR count). The SMILES string of the molecule is CC(C)(COCC(F)(F)F)C1(c2ccc(F)cc2F)CO1. The fraction of sp³-hybridized carbons (Fsp3) is 0.571. The van der Waals surface area contributed by atoms with Crippen LogP contribution in [0, 0.1) is 17.0 Å². The van der Waals surface area contributed by atoms with E-state index in [1.54, 1.807) is 13.8 Å². The summed E-state index contributed by atoms with van der Waals surface area (Å²) in [6.45, 7) is 1.76. The van der Waals surface area contributed by atoms with Gasteiger partial charge >= 0.3 is 6.18 Å². The van der Waals surface area contributed by atoms with Crippen molar-refractivity contribution in [3.8, 4) is 0 Å². The predicted octanol–water partition coefficient (Wildman–Crippen LogP) is 3.80. The normalized spacial score (nSPS) is 22.4. The third kappa shape index (κ3) is 3.35. The minimum absolute atomic E-state index is 0.129. The highest BCUT2D eigenvalue weighted by Gasteiger charge is 2.59. The Balaban J connectivity index is 2.14. The van der Waals surface area contributed by atoms with E-state index in [-0.39, 0.29) is 18.8 Å². The maximum absolute atomic E-state index is 13.9. The van der Waals surface area contributed by atoms with E-state index in [2.05, 4.69) is 4.74 Å².